The van der Waals surface area contributed by atoms with Crippen LogP contribution in [0.15, 0.2) is 66.9 Å². The highest BCUT2D eigenvalue weighted by atomic mass is 19.4. The van der Waals surface area contributed by atoms with Crippen LogP contribution in [-0.4, -0.2) is 225 Å². The van der Waals surface area contributed by atoms with Crippen LogP contribution in [-0.2, 0) is 40.0 Å². The second kappa shape index (κ2) is 48.1. The molecule has 2 N–H and O–H groups in total. The molecule has 744 valence electrons. The fraction of sp³-hybridized carbons (Fsp3) is 0.740. The van der Waals surface area contributed by atoms with Crippen LogP contribution < -0.4 is 5.73 Å². The van der Waals surface area contributed by atoms with Crippen LogP contribution in [0.5, 0.6) is 0 Å². The number of halogens is 10. The van der Waals surface area contributed by atoms with E-state index >= 15 is 0 Å². The van der Waals surface area contributed by atoms with E-state index in [2.05, 4.69) is 186 Å². The molecule has 3 aromatic rings. The molecule has 1 saturated carbocycles. The van der Waals surface area contributed by atoms with Crippen LogP contribution >= 0.6 is 0 Å². The van der Waals surface area contributed by atoms with E-state index in [1.807, 2.05) is 46.4 Å². The van der Waals surface area contributed by atoms with Gasteiger partial charge in [-0.15, -0.1) is 0 Å². The van der Waals surface area contributed by atoms with E-state index in [9.17, 15) is 63.1 Å². The number of rotatable bonds is 18. The number of pyridine rings is 1. The maximum Gasteiger partial charge on any atom is 0.471 e. The number of hydrogen-bond donors (Lipinski definition) is 1. The molecule has 30 heteroatoms. The Kier molecular flexibility index (Phi) is 40.9. The Morgan fingerprint density at radius 2 is 0.851 bits per heavy atom. The van der Waals surface area contributed by atoms with Crippen molar-refractivity contribution in [2.75, 3.05) is 137 Å². The highest BCUT2D eigenvalue weighted by Gasteiger charge is 2.54. The van der Waals surface area contributed by atoms with Gasteiger partial charge < -0.3 is 68.9 Å². The van der Waals surface area contributed by atoms with Crippen molar-refractivity contribution in [2.24, 2.45) is 77.1 Å². The molecular weight excluding hydrogens is 1730 g/mol. The molecule has 4 amide bonds. The fourth-order valence-electron chi connectivity index (χ4n) is 20.5. The van der Waals surface area contributed by atoms with Crippen molar-refractivity contribution in [1.29, 1.82) is 0 Å². The first kappa shape index (κ1) is 114. The molecule has 20 nitrogen and oxygen atoms in total. The number of benzene rings is 2. The van der Waals surface area contributed by atoms with Crippen molar-refractivity contribution < 1.29 is 67.8 Å². The van der Waals surface area contributed by atoms with Crippen LogP contribution in [0.3, 0.4) is 0 Å². The largest absolute Gasteiger partial charge is 0.471 e. The van der Waals surface area contributed by atoms with Gasteiger partial charge in [0.2, 0.25) is 45.2 Å². The Morgan fingerprint density at radius 1 is 0.463 bits per heavy atom. The highest BCUT2D eigenvalue weighted by molar-refractivity contribution is 5.94. The minimum Gasteiger partial charge on any atom is -0.446 e. The molecule has 11 rings (SSSR count). The third-order valence-electron chi connectivity index (χ3n) is 32.0. The van der Waals surface area contributed by atoms with Crippen LogP contribution in [0.2, 0.25) is 0 Å². The van der Waals surface area contributed by atoms with Gasteiger partial charge in [0.05, 0.1) is 16.4 Å². The van der Waals surface area contributed by atoms with E-state index in [1.165, 1.54) is 39.3 Å². The Hall–Kier alpha value is -8.65. The molecule has 8 fully saturated rings. The Labute approximate surface area is 794 Å². The number of carbonyl (C=O) groups is 4. The maximum atomic E-state index is 14.3. The summed E-state index contributed by atoms with van der Waals surface area (Å²) in [6.07, 6.45) is 0.356. The smallest absolute Gasteiger partial charge is 0.446 e. The lowest BCUT2D eigenvalue weighted by Crippen LogP contribution is -2.53. The first-order valence-corrected chi connectivity index (χ1v) is 48.0. The normalized spacial score (nSPS) is 20.3. The molecule has 7 aliphatic heterocycles. The Morgan fingerprint density at radius 3 is 1.23 bits per heavy atom. The third kappa shape index (κ3) is 31.2. The van der Waals surface area contributed by atoms with Crippen molar-refractivity contribution in [3.05, 3.63) is 169 Å². The van der Waals surface area contributed by atoms with Crippen molar-refractivity contribution in [3.63, 3.8) is 0 Å². The number of aromatic nitrogens is 1. The van der Waals surface area contributed by atoms with Gasteiger partial charge in [-0.05, 0) is 217 Å². The highest BCUT2D eigenvalue weighted by Crippen LogP contribution is 2.53. The van der Waals surface area contributed by atoms with Crippen molar-refractivity contribution >= 4 is 23.8 Å². The van der Waals surface area contributed by atoms with Gasteiger partial charge in [-0.3, -0.25) is 19.3 Å². The molecule has 134 heavy (non-hydrogen) atoms. The van der Waals surface area contributed by atoms with Crippen molar-refractivity contribution in [3.8, 4) is 0 Å². The zero-order chi connectivity index (χ0) is 101. The topological polar surface area (TPSA) is 165 Å². The summed E-state index contributed by atoms with van der Waals surface area (Å²) < 4.78 is 132. The average Bonchev–Trinajstić information content (AvgIpc) is 0.976. The molecule has 1 aromatic heterocycles. The number of nitrogens with zero attached hydrogens (tertiary/aromatic N) is 14. The Bertz CT molecular complexity index is 4490. The Balaban J connectivity index is 0.000000250. The summed E-state index contributed by atoms with van der Waals surface area (Å²) in [7, 11) is 0. The van der Waals surface area contributed by atoms with Crippen LogP contribution in [0.1, 0.15) is 267 Å². The van der Waals surface area contributed by atoms with Gasteiger partial charge in [-0.2, -0.15) is 39.5 Å². The third-order valence-corrected chi connectivity index (χ3v) is 32.0. The predicted molar refractivity (Wildman–Crippen MR) is 507 cm³/mol. The standard InChI is InChI=1S/C23H30F4N4O.C19H29N3.C19H28N2.C17H28N2O2.C14H21F3N2O.C12H17F3N2O/c1-21(2,3)22(15-28-4)8-13-30(14-9-22)16-6-11-31(12-7-16)20(32)17-5-10-29-19(18(17)24)23(25,26)27;1-18(2,3)19(15-21-4)8-10-22(11-9-19)14-17-7-5-6-16(12-17)13-20;1-18(2,3)19(16-20-4)11-14-21(15-12-19)13-10-17-8-6-5-7-9-17;1-13(14-6-7-14)21-15(20)19-10-8-17(9-11-19,12-18-5)16(2,3)4;1-12(2,3)13(10-18-4)5-7-19(8-6-13)11(20)9-14(15,16)17;1-9(2)11(8-16-3)4-6-17(7-5-11)10(18)12(13,14)15/h5,10,16H,6-9,11-15H2,1-3H3;5-7,12H,8-11,13-15,20H2,1-3H3;5-9H,10-16H2,1-3H3;13-14H,6-12H2,1-4H3;5-10H2,1-3H3;9H,4-8H2,1-2H3. The lowest BCUT2D eigenvalue weighted by Gasteiger charge is -2.49. The van der Waals surface area contributed by atoms with E-state index in [1.54, 1.807) is 0 Å². The number of hydrogen-bond acceptors (Lipinski definition) is 10. The molecule has 1 atom stereocenters. The first-order valence-electron chi connectivity index (χ1n) is 48.0. The summed E-state index contributed by atoms with van der Waals surface area (Å²) in [6, 6.07) is 20.6. The summed E-state index contributed by atoms with van der Waals surface area (Å²) in [5.74, 6) is -4.15. The van der Waals surface area contributed by atoms with Gasteiger partial charge in [-0.1, -0.05) is 172 Å². The minimum absolute atomic E-state index is 0.00300. The monoisotopic (exact) mass is 1880 g/mol. The summed E-state index contributed by atoms with van der Waals surface area (Å²) in [4.78, 5) is 85.3. The van der Waals surface area contributed by atoms with E-state index in [0.717, 1.165) is 127 Å². The zero-order valence-corrected chi connectivity index (χ0v) is 83.3. The number of amides is 4. The van der Waals surface area contributed by atoms with Gasteiger partial charge in [0.25, 0.3) is 5.91 Å². The second-order valence-corrected chi connectivity index (χ2v) is 44.4. The SMILES string of the molecule is [C-]#[N+]CC1(C(C)(C)C)CCN(C(=O)CC(F)(F)F)CC1.[C-]#[N+]CC1(C(C)(C)C)CCN(C(=O)OC(C)C2CC2)CC1.[C-]#[N+]CC1(C(C)(C)C)CCN(C2CCN(C(=O)c3ccnc(C(F)(F)F)c3F)CC2)CC1.[C-]#[N+]CC1(C(C)(C)C)CCN(CCc2ccccc2)CC1.[C-]#[N+]CC1(C(C)(C)C)CCN(Cc2cccc(CN)c2)CC1.[C-]#[N+]CC1(C(C)C)CCN(C(=O)C(F)(F)F)CC1. The summed E-state index contributed by atoms with van der Waals surface area (Å²) in [5.41, 5.74) is 7.84. The molecule has 1 unspecified atom stereocenters. The average molecular weight is 1880 g/mol. The molecule has 7 saturated heterocycles. The van der Waals surface area contributed by atoms with Crippen LogP contribution in [0.25, 0.3) is 29.1 Å². The zero-order valence-electron chi connectivity index (χ0n) is 83.3. The molecule has 8 aliphatic rings. The number of likely N-dealkylation sites (tertiary alicyclic amines) is 7. The maximum absolute atomic E-state index is 14.3. The molecule has 8 heterocycles. The lowest BCUT2D eigenvalue weighted by atomic mass is 9.61. The van der Waals surface area contributed by atoms with E-state index in [4.69, 9.17) is 49.9 Å². The van der Waals surface area contributed by atoms with Gasteiger partial charge in [0, 0.05) is 106 Å². The van der Waals surface area contributed by atoms with Crippen molar-refractivity contribution in [1.82, 2.24) is 39.3 Å². The van der Waals surface area contributed by atoms with Crippen molar-refractivity contribution in [2.45, 2.75) is 284 Å². The van der Waals surface area contributed by atoms with Gasteiger partial charge in [-0.25, -0.2) is 53.6 Å². The van der Waals surface area contributed by atoms with Gasteiger partial charge in [0.15, 0.2) is 11.5 Å². The molecule has 0 radical (unpaired) electrons. The summed E-state index contributed by atoms with van der Waals surface area (Å²) >= 11 is 0. The molecule has 0 spiro atoms. The molecular formula is C104H153F10N15O5. The number of carbonyl (C=O) groups excluding carboxylic acids is 4. The molecule has 0 bridgehead atoms. The van der Waals surface area contributed by atoms with E-state index < -0.39 is 59.7 Å². The van der Waals surface area contributed by atoms with Gasteiger partial charge >= 0.3 is 30.5 Å². The van der Waals surface area contributed by atoms with Crippen LogP contribution in [0, 0.1) is 117 Å². The molecule has 2 aromatic carbocycles. The number of piperidine rings is 7. The van der Waals surface area contributed by atoms with Gasteiger partial charge in [0.1, 0.15) is 12.5 Å². The van der Waals surface area contributed by atoms with E-state index in [-0.39, 0.29) is 96.8 Å². The predicted octanol–water partition coefficient (Wildman–Crippen LogP) is 23.1. The number of ether oxygens (including phenoxy) is 1. The quantitative estimate of drug-likeness (QED) is 0.0957. The number of alkyl halides is 9. The second-order valence-electron chi connectivity index (χ2n) is 44.4. The fourth-order valence-corrected chi connectivity index (χ4v) is 20.5. The summed E-state index contributed by atoms with van der Waals surface area (Å²) in [5, 5.41) is 0. The minimum atomic E-state index is -4.95. The first-order chi connectivity index (χ1) is 62.3. The summed E-state index contributed by atoms with van der Waals surface area (Å²) in [6.45, 7) is 97.4. The molecule has 1 aliphatic carbocycles. The lowest BCUT2D eigenvalue weighted by molar-refractivity contribution is -0.187. The number of nitrogens with two attached hydrogens (primary N) is 1. The van der Waals surface area contributed by atoms with Crippen LogP contribution in [0.4, 0.5) is 48.7 Å². The van der Waals surface area contributed by atoms with E-state index in [0.29, 0.717) is 130 Å².